The van der Waals surface area contributed by atoms with E-state index in [1.54, 1.807) is 41.2 Å². The van der Waals surface area contributed by atoms with E-state index < -0.39 is 10.0 Å². The molecule has 0 aliphatic rings. The van der Waals surface area contributed by atoms with E-state index in [0.29, 0.717) is 32.5 Å². The Labute approximate surface area is 171 Å². The van der Waals surface area contributed by atoms with Gasteiger partial charge in [0, 0.05) is 23.7 Å². The summed E-state index contributed by atoms with van der Waals surface area (Å²) in [6, 6.07) is 8.86. The zero-order valence-electron chi connectivity index (χ0n) is 14.1. The van der Waals surface area contributed by atoms with Gasteiger partial charge in [0.2, 0.25) is 10.0 Å². The molecule has 142 valence electrons. The molecule has 3 aromatic rings. The van der Waals surface area contributed by atoms with Gasteiger partial charge in [0.25, 0.3) is 0 Å². The molecule has 7 nitrogen and oxygen atoms in total. The Morgan fingerprint density at radius 1 is 1.19 bits per heavy atom. The number of hydrogen-bond acceptors (Lipinski definition) is 6. The van der Waals surface area contributed by atoms with Crippen LogP contribution < -0.4 is 4.72 Å². The molecule has 11 heteroatoms. The van der Waals surface area contributed by atoms with Gasteiger partial charge in [-0.3, -0.25) is 9.55 Å². The van der Waals surface area contributed by atoms with E-state index in [0.717, 1.165) is 5.56 Å². The molecule has 0 bridgehead atoms. The van der Waals surface area contributed by atoms with Gasteiger partial charge in [0.1, 0.15) is 0 Å². The van der Waals surface area contributed by atoms with Crippen LogP contribution in [-0.2, 0) is 10.0 Å². The highest BCUT2D eigenvalue weighted by Crippen LogP contribution is 2.31. The molecule has 2 aromatic heterocycles. The number of thioether (sulfide) groups is 1. The second-order valence-electron chi connectivity index (χ2n) is 5.35. The van der Waals surface area contributed by atoms with Crippen molar-refractivity contribution in [1.82, 2.24) is 24.5 Å². The number of rotatable bonds is 7. The Morgan fingerprint density at radius 3 is 2.67 bits per heavy atom. The standard InChI is InChI=1S/C16H15Cl2N5O2S2/c1-19-27(24,25)8-7-26-16-22-21-15(11-3-2-6-20-10-11)23(16)12-4-5-13(17)14(18)9-12/h2-6,9-10,19H,7-8H2,1H3. The van der Waals surface area contributed by atoms with Gasteiger partial charge in [0.15, 0.2) is 11.0 Å². The minimum absolute atomic E-state index is 0.0371. The zero-order chi connectivity index (χ0) is 19.4. The number of nitrogens with zero attached hydrogens (tertiary/aromatic N) is 4. The Bertz CT molecular complexity index is 1040. The van der Waals surface area contributed by atoms with Gasteiger partial charge in [-0.2, -0.15) is 0 Å². The van der Waals surface area contributed by atoms with E-state index in [-0.39, 0.29) is 5.75 Å². The van der Waals surface area contributed by atoms with Gasteiger partial charge in [-0.1, -0.05) is 35.0 Å². The number of pyridine rings is 1. The smallest absolute Gasteiger partial charge is 0.212 e. The van der Waals surface area contributed by atoms with Gasteiger partial charge in [-0.25, -0.2) is 13.1 Å². The van der Waals surface area contributed by atoms with Crippen LogP contribution in [0.15, 0.2) is 47.9 Å². The number of hydrogen-bond donors (Lipinski definition) is 1. The summed E-state index contributed by atoms with van der Waals surface area (Å²) in [6.07, 6.45) is 3.35. The average molecular weight is 444 g/mol. The molecule has 0 saturated heterocycles. The van der Waals surface area contributed by atoms with Crippen LogP contribution in [0.4, 0.5) is 0 Å². The third kappa shape index (κ3) is 4.80. The lowest BCUT2D eigenvalue weighted by Gasteiger charge is -2.11. The first-order chi connectivity index (χ1) is 12.9. The molecule has 1 N–H and O–H groups in total. The fraction of sp³-hybridized carbons (Fsp3) is 0.188. The quantitative estimate of drug-likeness (QED) is 0.563. The second kappa shape index (κ2) is 8.57. The highest BCUT2D eigenvalue weighted by atomic mass is 35.5. The van der Waals surface area contributed by atoms with Crippen LogP contribution in [0.5, 0.6) is 0 Å². The summed E-state index contributed by atoms with van der Waals surface area (Å²) in [6.45, 7) is 0. The summed E-state index contributed by atoms with van der Waals surface area (Å²) in [7, 11) is -1.91. The maximum Gasteiger partial charge on any atom is 0.212 e. The van der Waals surface area contributed by atoms with Crippen LogP contribution in [0.2, 0.25) is 10.0 Å². The van der Waals surface area contributed by atoms with Gasteiger partial charge < -0.3 is 0 Å². The van der Waals surface area contributed by atoms with Crippen molar-refractivity contribution in [2.75, 3.05) is 18.6 Å². The molecule has 0 atom stereocenters. The molecule has 1 aromatic carbocycles. The van der Waals surface area contributed by atoms with Crippen LogP contribution in [0.3, 0.4) is 0 Å². The van der Waals surface area contributed by atoms with Crippen LogP contribution in [-0.4, -0.2) is 46.7 Å². The maximum atomic E-state index is 11.6. The number of sulfonamides is 1. The SMILES string of the molecule is CNS(=O)(=O)CCSc1nnc(-c2cccnc2)n1-c1ccc(Cl)c(Cl)c1. The Balaban J connectivity index is 2.01. The highest BCUT2D eigenvalue weighted by molar-refractivity contribution is 8.00. The lowest BCUT2D eigenvalue weighted by molar-refractivity contribution is 0.590. The van der Waals surface area contributed by atoms with E-state index in [1.807, 2.05) is 6.07 Å². The number of nitrogens with one attached hydrogen (secondary N) is 1. The minimum atomic E-state index is -3.30. The molecule has 3 rings (SSSR count). The highest BCUT2D eigenvalue weighted by Gasteiger charge is 2.18. The van der Waals surface area contributed by atoms with Gasteiger partial charge in [-0.05, 0) is 37.4 Å². The molecule has 0 radical (unpaired) electrons. The molecular formula is C16H15Cl2N5O2S2. The van der Waals surface area contributed by atoms with Crippen LogP contribution >= 0.6 is 35.0 Å². The first kappa shape index (κ1) is 20.1. The van der Waals surface area contributed by atoms with Crippen molar-refractivity contribution < 1.29 is 8.42 Å². The predicted molar refractivity (Wildman–Crippen MR) is 108 cm³/mol. The normalized spacial score (nSPS) is 11.7. The molecule has 0 aliphatic carbocycles. The third-order valence-electron chi connectivity index (χ3n) is 3.61. The van der Waals surface area contributed by atoms with Crippen molar-refractivity contribution in [2.45, 2.75) is 5.16 Å². The molecule has 2 heterocycles. The van der Waals surface area contributed by atoms with Crippen molar-refractivity contribution in [3.63, 3.8) is 0 Å². The molecular weight excluding hydrogens is 429 g/mol. The van der Waals surface area contributed by atoms with Gasteiger partial charge in [0.05, 0.1) is 21.5 Å². The van der Waals surface area contributed by atoms with Crippen molar-refractivity contribution in [3.05, 3.63) is 52.8 Å². The molecule has 0 amide bonds. The summed E-state index contributed by atoms with van der Waals surface area (Å²) in [5.41, 5.74) is 1.48. The molecule has 0 unspecified atom stereocenters. The van der Waals surface area contributed by atoms with E-state index >= 15 is 0 Å². The Morgan fingerprint density at radius 2 is 2.00 bits per heavy atom. The second-order valence-corrected chi connectivity index (χ2v) is 9.28. The van der Waals surface area contributed by atoms with Gasteiger partial charge >= 0.3 is 0 Å². The zero-order valence-corrected chi connectivity index (χ0v) is 17.3. The van der Waals surface area contributed by atoms with Crippen molar-refractivity contribution in [3.8, 4) is 17.1 Å². The summed E-state index contributed by atoms with van der Waals surface area (Å²) in [5, 5.41) is 9.86. The van der Waals surface area contributed by atoms with Crippen molar-refractivity contribution in [1.29, 1.82) is 0 Å². The first-order valence-corrected chi connectivity index (χ1v) is 11.2. The predicted octanol–water partition coefficient (Wildman–Crippen LogP) is 3.28. The lowest BCUT2D eigenvalue weighted by Crippen LogP contribution is -2.23. The molecule has 0 spiro atoms. The summed E-state index contributed by atoms with van der Waals surface area (Å²) in [5.74, 6) is 0.848. The molecule has 27 heavy (non-hydrogen) atoms. The van der Waals surface area contributed by atoms with E-state index in [1.165, 1.54) is 18.8 Å². The molecule has 0 fully saturated rings. The van der Waals surface area contributed by atoms with Crippen molar-refractivity contribution in [2.24, 2.45) is 0 Å². The third-order valence-corrected chi connectivity index (χ3v) is 6.90. The topological polar surface area (TPSA) is 89.8 Å². The molecule has 0 aliphatic heterocycles. The van der Waals surface area contributed by atoms with Crippen molar-refractivity contribution >= 4 is 45.0 Å². The maximum absolute atomic E-state index is 11.6. The number of benzene rings is 1. The van der Waals surface area contributed by atoms with Gasteiger partial charge in [-0.15, -0.1) is 10.2 Å². The Hall–Kier alpha value is -1.65. The largest absolute Gasteiger partial charge is 0.270 e. The van der Waals surface area contributed by atoms with E-state index in [9.17, 15) is 8.42 Å². The summed E-state index contributed by atoms with van der Waals surface area (Å²) >= 11 is 13.5. The molecule has 0 saturated carbocycles. The van der Waals surface area contributed by atoms with Crippen LogP contribution in [0, 0.1) is 0 Å². The van der Waals surface area contributed by atoms with Crippen LogP contribution in [0.1, 0.15) is 0 Å². The number of halogens is 2. The van der Waals surface area contributed by atoms with E-state index in [4.69, 9.17) is 23.2 Å². The fourth-order valence-corrected chi connectivity index (χ4v) is 4.56. The summed E-state index contributed by atoms with van der Waals surface area (Å²) in [4.78, 5) is 4.12. The summed E-state index contributed by atoms with van der Waals surface area (Å²) < 4.78 is 27.4. The minimum Gasteiger partial charge on any atom is -0.270 e. The van der Waals surface area contributed by atoms with E-state index in [2.05, 4.69) is 19.9 Å². The van der Waals surface area contributed by atoms with Crippen LogP contribution in [0.25, 0.3) is 17.1 Å². The average Bonchev–Trinajstić information content (AvgIpc) is 3.08. The number of aromatic nitrogens is 4. The fourth-order valence-electron chi connectivity index (χ4n) is 2.25. The lowest BCUT2D eigenvalue weighted by atomic mass is 10.2. The monoisotopic (exact) mass is 443 g/mol. The first-order valence-electron chi connectivity index (χ1n) is 7.76. The Kier molecular flexibility index (Phi) is 6.38.